The molecular formula is C23H23NO3. The number of methoxy groups -OCH3 is 1. The molecule has 0 aromatic heterocycles. The number of nitrogens with zero attached hydrogens (tertiary/aromatic N) is 1. The Morgan fingerprint density at radius 3 is 2.63 bits per heavy atom. The van der Waals surface area contributed by atoms with Gasteiger partial charge in [-0.1, -0.05) is 30.3 Å². The fourth-order valence-corrected chi connectivity index (χ4v) is 4.29. The van der Waals surface area contributed by atoms with Gasteiger partial charge in [-0.3, -0.25) is 14.5 Å². The van der Waals surface area contributed by atoms with Gasteiger partial charge in [0.25, 0.3) is 0 Å². The number of Topliss-reactive ketones (excluding diaryl/α,β-unsaturated/α-hetero) is 1. The van der Waals surface area contributed by atoms with Gasteiger partial charge in [0.15, 0.2) is 5.78 Å². The first-order chi connectivity index (χ1) is 13.1. The summed E-state index contributed by atoms with van der Waals surface area (Å²) in [5.41, 5.74) is 4.65. The quantitative estimate of drug-likeness (QED) is 0.807. The highest BCUT2D eigenvalue weighted by Crippen LogP contribution is 2.44. The number of carbonyl (C=O) groups is 2. The maximum Gasteiger partial charge on any atom is 0.232 e. The first-order valence-corrected chi connectivity index (χ1v) is 9.39. The minimum absolute atomic E-state index is 0.0324. The summed E-state index contributed by atoms with van der Waals surface area (Å²) in [6.07, 6.45) is 2.40. The molecule has 27 heavy (non-hydrogen) atoms. The van der Waals surface area contributed by atoms with Crippen LogP contribution < -0.4 is 9.64 Å². The maximum absolute atomic E-state index is 13.2. The van der Waals surface area contributed by atoms with Crippen LogP contribution in [0.1, 0.15) is 42.7 Å². The lowest BCUT2D eigenvalue weighted by atomic mass is 9.76. The summed E-state index contributed by atoms with van der Waals surface area (Å²) in [5.74, 6) is 0.754. The number of rotatable bonds is 3. The Bertz CT molecular complexity index is 944. The minimum atomic E-state index is -0.150. The Morgan fingerprint density at radius 2 is 1.85 bits per heavy atom. The van der Waals surface area contributed by atoms with Crippen molar-refractivity contribution < 1.29 is 14.3 Å². The Kier molecular flexibility index (Phi) is 4.56. The van der Waals surface area contributed by atoms with Crippen molar-refractivity contribution in [3.05, 3.63) is 70.9 Å². The molecule has 0 N–H and O–H groups in total. The van der Waals surface area contributed by atoms with Crippen LogP contribution in [0.5, 0.6) is 5.75 Å². The molecule has 0 bridgehead atoms. The van der Waals surface area contributed by atoms with Crippen LogP contribution >= 0.6 is 0 Å². The summed E-state index contributed by atoms with van der Waals surface area (Å²) in [6.45, 7) is 2.04. The molecule has 1 amide bonds. The maximum atomic E-state index is 13.2. The lowest BCUT2D eigenvalue weighted by Crippen LogP contribution is -2.40. The second-order valence-corrected chi connectivity index (χ2v) is 7.18. The van der Waals surface area contributed by atoms with Crippen molar-refractivity contribution >= 4 is 17.4 Å². The third kappa shape index (κ3) is 3.05. The van der Waals surface area contributed by atoms with E-state index < -0.39 is 0 Å². The van der Waals surface area contributed by atoms with Crippen LogP contribution in [0.4, 0.5) is 5.69 Å². The summed E-state index contributed by atoms with van der Waals surface area (Å²) in [5, 5.41) is 0. The van der Waals surface area contributed by atoms with Gasteiger partial charge in [-0.2, -0.15) is 0 Å². The molecule has 1 aliphatic heterocycles. The van der Waals surface area contributed by atoms with Gasteiger partial charge in [-0.25, -0.2) is 0 Å². The van der Waals surface area contributed by atoms with Gasteiger partial charge in [-0.05, 0) is 43.0 Å². The highest BCUT2D eigenvalue weighted by Gasteiger charge is 2.40. The molecule has 0 saturated heterocycles. The van der Waals surface area contributed by atoms with Gasteiger partial charge in [0.1, 0.15) is 5.75 Å². The molecule has 1 unspecified atom stereocenters. The van der Waals surface area contributed by atoms with E-state index in [9.17, 15) is 9.59 Å². The molecule has 4 nitrogen and oxygen atoms in total. The zero-order chi connectivity index (χ0) is 19.0. The number of anilines is 1. The van der Waals surface area contributed by atoms with Crippen LogP contribution in [-0.4, -0.2) is 18.8 Å². The number of ketones is 1. The molecule has 4 heteroatoms. The van der Waals surface area contributed by atoms with Crippen LogP contribution in [0.3, 0.4) is 0 Å². The van der Waals surface area contributed by atoms with Gasteiger partial charge in [0, 0.05) is 36.1 Å². The Balaban J connectivity index is 1.87. The minimum Gasteiger partial charge on any atom is -0.497 e. The molecular weight excluding hydrogens is 338 g/mol. The Morgan fingerprint density at radius 1 is 1.04 bits per heavy atom. The van der Waals surface area contributed by atoms with Crippen molar-refractivity contribution in [2.24, 2.45) is 0 Å². The molecule has 2 aromatic rings. The molecule has 138 valence electrons. The molecule has 0 radical (unpaired) electrons. The van der Waals surface area contributed by atoms with Gasteiger partial charge in [-0.15, -0.1) is 0 Å². The monoisotopic (exact) mass is 361 g/mol. The normalized spacial score (nSPS) is 19.9. The van der Waals surface area contributed by atoms with Crippen LogP contribution in [0.15, 0.2) is 59.8 Å². The molecule has 0 saturated carbocycles. The van der Waals surface area contributed by atoms with Crippen LogP contribution in [-0.2, 0) is 9.59 Å². The number of amides is 1. The lowest BCUT2D eigenvalue weighted by molar-refractivity contribution is -0.119. The third-order valence-electron chi connectivity index (χ3n) is 5.55. The summed E-state index contributed by atoms with van der Waals surface area (Å²) >= 11 is 0. The van der Waals surface area contributed by atoms with Crippen molar-refractivity contribution in [2.75, 3.05) is 12.0 Å². The summed E-state index contributed by atoms with van der Waals surface area (Å²) < 4.78 is 5.32. The summed E-state index contributed by atoms with van der Waals surface area (Å²) in [7, 11) is 1.61. The predicted molar refractivity (Wildman–Crippen MR) is 105 cm³/mol. The Hall–Kier alpha value is -2.88. The average Bonchev–Trinajstić information content (AvgIpc) is 2.68. The van der Waals surface area contributed by atoms with Crippen molar-refractivity contribution in [1.29, 1.82) is 0 Å². The van der Waals surface area contributed by atoms with E-state index in [0.29, 0.717) is 18.6 Å². The zero-order valence-corrected chi connectivity index (χ0v) is 15.7. The van der Waals surface area contributed by atoms with Crippen molar-refractivity contribution in [2.45, 2.75) is 38.5 Å². The fraction of sp³-hybridized carbons (Fsp3) is 0.304. The van der Waals surface area contributed by atoms with Crippen molar-refractivity contribution in [1.82, 2.24) is 0 Å². The van der Waals surface area contributed by atoms with Crippen LogP contribution in [0, 0.1) is 6.92 Å². The van der Waals surface area contributed by atoms with Gasteiger partial charge in [0.05, 0.1) is 12.8 Å². The van der Waals surface area contributed by atoms with Gasteiger partial charge >= 0.3 is 0 Å². The molecule has 2 aromatic carbocycles. The third-order valence-corrected chi connectivity index (χ3v) is 5.55. The van der Waals surface area contributed by atoms with Gasteiger partial charge in [0.2, 0.25) is 5.91 Å². The largest absolute Gasteiger partial charge is 0.497 e. The van der Waals surface area contributed by atoms with E-state index >= 15 is 0 Å². The van der Waals surface area contributed by atoms with Crippen molar-refractivity contribution in [3.63, 3.8) is 0 Å². The number of hydrogen-bond donors (Lipinski definition) is 0. The first-order valence-electron chi connectivity index (χ1n) is 9.39. The highest BCUT2D eigenvalue weighted by molar-refractivity contribution is 6.07. The predicted octanol–water partition coefficient (Wildman–Crippen LogP) is 4.53. The number of ether oxygens (including phenoxy) is 1. The lowest BCUT2D eigenvalue weighted by Gasteiger charge is -2.38. The smallest absolute Gasteiger partial charge is 0.232 e. The van der Waals surface area contributed by atoms with E-state index in [1.165, 1.54) is 0 Å². The second-order valence-electron chi connectivity index (χ2n) is 7.18. The summed E-state index contributed by atoms with van der Waals surface area (Å²) in [4.78, 5) is 27.8. The number of allylic oxidation sites excluding steroid dienone is 2. The van der Waals surface area contributed by atoms with E-state index in [0.717, 1.165) is 40.9 Å². The number of hydrogen-bond acceptors (Lipinski definition) is 3. The van der Waals surface area contributed by atoms with Crippen LogP contribution in [0.2, 0.25) is 0 Å². The fourth-order valence-electron chi connectivity index (χ4n) is 4.29. The first kappa shape index (κ1) is 17.5. The average molecular weight is 361 g/mol. The number of benzene rings is 2. The molecule has 1 heterocycles. The SMILES string of the molecule is COc1cccc(N2C(=O)CC(c3ccccc3C)C3=C2CCCC3=O)c1. The molecule has 1 aliphatic carbocycles. The molecule has 1 atom stereocenters. The number of aryl methyl sites for hydroxylation is 1. The van der Waals surface area contributed by atoms with Gasteiger partial charge < -0.3 is 4.74 Å². The number of carbonyl (C=O) groups excluding carboxylic acids is 2. The van der Waals surface area contributed by atoms with E-state index in [-0.39, 0.29) is 17.6 Å². The zero-order valence-electron chi connectivity index (χ0n) is 15.7. The molecule has 0 spiro atoms. The van der Waals surface area contributed by atoms with E-state index in [2.05, 4.69) is 0 Å². The summed E-state index contributed by atoms with van der Waals surface area (Å²) in [6, 6.07) is 15.5. The standard InChI is InChI=1S/C23H23NO3/c1-15-7-3-4-10-18(15)19-14-22(26)24(16-8-5-9-17(13-16)27-2)20-11-6-12-21(25)23(19)20/h3-5,7-10,13,19H,6,11-12,14H2,1-2H3. The molecule has 2 aliphatic rings. The topological polar surface area (TPSA) is 46.6 Å². The van der Waals surface area contributed by atoms with E-state index in [1.54, 1.807) is 12.0 Å². The highest BCUT2D eigenvalue weighted by atomic mass is 16.5. The second kappa shape index (κ2) is 7.03. The molecule has 4 rings (SSSR count). The molecule has 0 fully saturated rings. The van der Waals surface area contributed by atoms with E-state index in [1.807, 2.05) is 55.5 Å². The Labute approximate surface area is 159 Å². The van der Waals surface area contributed by atoms with Crippen molar-refractivity contribution in [3.8, 4) is 5.75 Å². The van der Waals surface area contributed by atoms with Crippen LogP contribution in [0.25, 0.3) is 0 Å². The van der Waals surface area contributed by atoms with E-state index in [4.69, 9.17) is 4.74 Å².